The number of nitrogens with zero attached hydrogens (tertiary/aromatic N) is 1. The van der Waals surface area contributed by atoms with Gasteiger partial charge in [-0.2, -0.15) is 0 Å². The molecule has 24 heavy (non-hydrogen) atoms. The predicted molar refractivity (Wildman–Crippen MR) is 92.9 cm³/mol. The van der Waals surface area contributed by atoms with Crippen LogP contribution in [0.3, 0.4) is 0 Å². The zero-order valence-electron chi connectivity index (χ0n) is 13.8. The lowest BCUT2D eigenvalue weighted by Gasteiger charge is -2.17. The van der Waals surface area contributed by atoms with Gasteiger partial charge in [0.05, 0.1) is 5.41 Å². The average molecular weight is 324 g/mol. The summed E-state index contributed by atoms with van der Waals surface area (Å²) in [6, 6.07) is 13.6. The van der Waals surface area contributed by atoms with E-state index in [1.807, 2.05) is 61.5 Å². The van der Waals surface area contributed by atoms with Crippen LogP contribution in [0.15, 0.2) is 42.5 Å². The third-order valence-electron chi connectivity index (χ3n) is 4.75. The second-order valence-electron chi connectivity index (χ2n) is 6.55. The fourth-order valence-electron chi connectivity index (χ4n) is 3.06. The highest BCUT2D eigenvalue weighted by molar-refractivity contribution is 6.01. The zero-order valence-corrected chi connectivity index (χ0v) is 13.8. The number of benzene rings is 2. The zero-order chi connectivity index (χ0) is 16.7. The molecule has 4 rings (SSSR count). The molecule has 1 saturated carbocycles. The van der Waals surface area contributed by atoms with E-state index in [9.17, 15) is 4.79 Å². The lowest BCUT2D eigenvalue weighted by molar-refractivity contribution is -0.118. The van der Waals surface area contributed by atoms with Crippen molar-refractivity contribution >= 4 is 17.3 Å². The molecule has 0 unspecified atom stereocenters. The van der Waals surface area contributed by atoms with Crippen LogP contribution in [0.2, 0.25) is 0 Å². The van der Waals surface area contributed by atoms with E-state index in [4.69, 9.17) is 9.47 Å². The summed E-state index contributed by atoms with van der Waals surface area (Å²) in [7, 11) is 3.98. The first-order chi connectivity index (χ1) is 11.6. The van der Waals surface area contributed by atoms with E-state index >= 15 is 0 Å². The van der Waals surface area contributed by atoms with Crippen molar-refractivity contribution in [1.82, 2.24) is 0 Å². The Labute approximate surface area is 141 Å². The SMILES string of the molecule is CN(C)c1ccc(NC(=O)C2(c3ccc4c(c3)OCO4)CC2)cc1. The van der Waals surface area contributed by atoms with E-state index < -0.39 is 5.41 Å². The largest absolute Gasteiger partial charge is 0.454 e. The predicted octanol–water partition coefficient (Wildman–Crippen LogP) is 3.15. The number of carbonyl (C=O) groups is 1. The molecule has 1 heterocycles. The van der Waals surface area contributed by atoms with Gasteiger partial charge in [-0.05, 0) is 54.8 Å². The second kappa shape index (κ2) is 5.44. The number of hydrogen-bond acceptors (Lipinski definition) is 4. The minimum atomic E-state index is -0.443. The Morgan fingerprint density at radius 2 is 1.75 bits per heavy atom. The van der Waals surface area contributed by atoms with Gasteiger partial charge in [-0.25, -0.2) is 0 Å². The van der Waals surface area contributed by atoms with E-state index in [1.54, 1.807) is 0 Å². The van der Waals surface area contributed by atoms with Crippen molar-refractivity contribution in [3.8, 4) is 11.5 Å². The number of hydrogen-bond donors (Lipinski definition) is 1. The van der Waals surface area contributed by atoms with Gasteiger partial charge in [0, 0.05) is 25.5 Å². The lowest BCUT2D eigenvalue weighted by atomic mass is 9.94. The summed E-state index contributed by atoms with van der Waals surface area (Å²) in [6.45, 7) is 0.246. The van der Waals surface area contributed by atoms with Crippen LogP contribution < -0.4 is 19.7 Å². The Morgan fingerprint density at radius 3 is 2.42 bits per heavy atom. The molecule has 1 aliphatic heterocycles. The van der Waals surface area contributed by atoms with Crippen molar-refractivity contribution in [3.63, 3.8) is 0 Å². The molecule has 2 aromatic rings. The van der Waals surface area contributed by atoms with Crippen LogP contribution in [-0.2, 0) is 10.2 Å². The molecule has 1 fully saturated rings. The van der Waals surface area contributed by atoms with E-state index in [-0.39, 0.29) is 12.7 Å². The highest BCUT2D eigenvalue weighted by Gasteiger charge is 2.51. The number of anilines is 2. The van der Waals surface area contributed by atoms with Crippen LogP contribution in [0.1, 0.15) is 18.4 Å². The van der Waals surface area contributed by atoms with Crippen LogP contribution in [0, 0.1) is 0 Å². The number of carbonyl (C=O) groups excluding carboxylic acids is 1. The Morgan fingerprint density at radius 1 is 1.04 bits per heavy atom. The maximum absolute atomic E-state index is 12.8. The van der Waals surface area contributed by atoms with Crippen LogP contribution in [-0.4, -0.2) is 26.8 Å². The Kier molecular flexibility index (Phi) is 3.37. The van der Waals surface area contributed by atoms with Crippen molar-refractivity contribution in [1.29, 1.82) is 0 Å². The van der Waals surface area contributed by atoms with Gasteiger partial charge in [0.15, 0.2) is 11.5 Å². The topological polar surface area (TPSA) is 50.8 Å². The molecule has 124 valence electrons. The van der Waals surface area contributed by atoms with Gasteiger partial charge >= 0.3 is 0 Å². The van der Waals surface area contributed by atoms with Crippen molar-refractivity contribution in [3.05, 3.63) is 48.0 Å². The van der Waals surface area contributed by atoms with Gasteiger partial charge < -0.3 is 19.7 Å². The summed E-state index contributed by atoms with van der Waals surface area (Å²) >= 11 is 0. The molecule has 0 atom stereocenters. The molecule has 2 aliphatic rings. The molecular weight excluding hydrogens is 304 g/mol. The minimum Gasteiger partial charge on any atom is -0.454 e. The van der Waals surface area contributed by atoms with Crippen LogP contribution in [0.25, 0.3) is 0 Å². The summed E-state index contributed by atoms with van der Waals surface area (Å²) in [6.07, 6.45) is 1.71. The molecule has 0 saturated heterocycles. The van der Waals surface area contributed by atoms with E-state index in [0.29, 0.717) is 0 Å². The summed E-state index contributed by atoms with van der Waals surface area (Å²) in [4.78, 5) is 14.9. The Hall–Kier alpha value is -2.69. The summed E-state index contributed by atoms with van der Waals surface area (Å²) in [5.41, 5.74) is 2.47. The first-order valence-corrected chi connectivity index (χ1v) is 8.07. The Balaban J connectivity index is 1.53. The number of amides is 1. The standard InChI is InChI=1S/C19H20N2O3/c1-21(2)15-6-4-14(5-7-15)20-18(22)19(9-10-19)13-3-8-16-17(11-13)24-12-23-16/h3-8,11H,9-10,12H2,1-2H3,(H,20,22). The number of ether oxygens (including phenoxy) is 2. The molecule has 1 N–H and O–H groups in total. The summed E-state index contributed by atoms with van der Waals surface area (Å²) in [5.74, 6) is 1.51. The van der Waals surface area contributed by atoms with Crippen molar-refractivity contribution in [2.45, 2.75) is 18.3 Å². The lowest BCUT2D eigenvalue weighted by Crippen LogP contribution is -2.27. The molecule has 0 bridgehead atoms. The van der Waals surface area contributed by atoms with E-state index in [0.717, 1.165) is 41.3 Å². The minimum absolute atomic E-state index is 0.0407. The van der Waals surface area contributed by atoms with Crippen molar-refractivity contribution in [2.75, 3.05) is 31.1 Å². The molecule has 0 aromatic heterocycles. The fourth-order valence-corrected chi connectivity index (χ4v) is 3.06. The maximum atomic E-state index is 12.8. The molecular formula is C19H20N2O3. The van der Waals surface area contributed by atoms with Crippen molar-refractivity contribution in [2.24, 2.45) is 0 Å². The summed E-state index contributed by atoms with van der Waals surface area (Å²) < 4.78 is 10.8. The van der Waals surface area contributed by atoms with Gasteiger partial charge in [-0.1, -0.05) is 6.07 Å². The third kappa shape index (κ3) is 2.46. The average Bonchev–Trinajstić information content (AvgIpc) is 3.27. The molecule has 1 aliphatic carbocycles. The molecule has 2 aromatic carbocycles. The second-order valence-corrected chi connectivity index (χ2v) is 6.55. The smallest absolute Gasteiger partial charge is 0.235 e. The van der Waals surface area contributed by atoms with Gasteiger partial charge in [0.25, 0.3) is 0 Å². The van der Waals surface area contributed by atoms with Gasteiger partial charge in [0.2, 0.25) is 12.7 Å². The van der Waals surface area contributed by atoms with Crippen LogP contribution in [0.4, 0.5) is 11.4 Å². The van der Waals surface area contributed by atoms with E-state index in [2.05, 4.69) is 5.32 Å². The normalized spacial score (nSPS) is 16.6. The monoisotopic (exact) mass is 324 g/mol. The highest BCUT2D eigenvalue weighted by Crippen LogP contribution is 2.51. The first-order valence-electron chi connectivity index (χ1n) is 8.07. The number of rotatable bonds is 4. The molecule has 1 amide bonds. The number of fused-ring (bicyclic) bond motifs is 1. The molecule has 5 heteroatoms. The molecule has 0 spiro atoms. The molecule has 5 nitrogen and oxygen atoms in total. The number of nitrogens with one attached hydrogen (secondary N) is 1. The maximum Gasteiger partial charge on any atom is 0.235 e. The van der Waals surface area contributed by atoms with Gasteiger partial charge in [-0.3, -0.25) is 4.79 Å². The Bertz CT molecular complexity index is 780. The van der Waals surface area contributed by atoms with Crippen LogP contribution in [0.5, 0.6) is 11.5 Å². The van der Waals surface area contributed by atoms with E-state index in [1.165, 1.54) is 0 Å². The van der Waals surface area contributed by atoms with Gasteiger partial charge in [-0.15, -0.1) is 0 Å². The summed E-state index contributed by atoms with van der Waals surface area (Å²) in [5, 5.41) is 3.05. The highest BCUT2D eigenvalue weighted by atomic mass is 16.7. The van der Waals surface area contributed by atoms with Gasteiger partial charge in [0.1, 0.15) is 0 Å². The first kappa shape index (κ1) is 14.9. The quantitative estimate of drug-likeness (QED) is 0.939. The third-order valence-corrected chi connectivity index (χ3v) is 4.75. The molecule has 0 radical (unpaired) electrons. The van der Waals surface area contributed by atoms with Crippen LogP contribution >= 0.6 is 0 Å². The van der Waals surface area contributed by atoms with Crippen molar-refractivity contribution < 1.29 is 14.3 Å². The fraction of sp³-hybridized carbons (Fsp3) is 0.316.